The zero-order valence-corrected chi connectivity index (χ0v) is 16.1. The summed E-state index contributed by atoms with van der Waals surface area (Å²) in [5.41, 5.74) is 0.768. The number of nitrogens with one attached hydrogen (secondary N) is 1. The summed E-state index contributed by atoms with van der Waals surface area (Å²) in [6.45, 7) is 1.17. The van der Waals surface area contributed by atoms with Gasteiger partial charge >= 0.3 is 0 Å². The fourth-order valence-corrected chi connectivity index (χ4v) is 4.60. The zero-order chi connectivity index (χ0) is 19.6. The van der Waals surface area contributed by atoms with E-state index in [9.17, 15) is 17.6 Å². The number of hydrogen-bond donors (Lipinski definition) is 1. The smallest absolute Gasteiger partial charge is 0.270 e. The minimum absolute atomic E-state index is 0.0802. The normalized spacial score (nSPS) is 15.1. The van der Waals surface area contributed by atoms with Crippen LogP contribution in [-0.4, -0.2) is 55.8 Å². The van der Waals surface area contributed by atoms with Gasteiger partial charge in [0.15, 0.2) is 11.6 Å². The lowest BCUT2D eigenvalue weighted by molar-refractivity contribution is 0.0779. The van der Waals surface area contributed by atoms with E-state index < -0.39 is 15.8 Å². The average Bonchev–Trinajstić information content (AvgIpc) is 3.33. The van der Waals surface area contributed by atoms with Crippen LogP contribution < -0.4 is 4.74 Å². The van der Waals surface area contributed by atoms with E-state index in [0.717, 1.165) is 12.8 Å². The molecule has 1 aromatic heterocycles. The molecule has 2 aromatic rings. The van der Waals surface area contributed by atoms with Crippen LogP contribution >= 0.6 is 0 Å². The van der Waals surface area contributed by atoms with Crippen LogP contribution in [0, 0.1) is 5.82 Å². The number of carbonyl (C=O) groups excluding carboxylic acids is 1. The maximum atomic E-state index is 13.8. The van der Waals surface area contributed by atoms with E-state index in [4.69, 9.17) is 4.74 Å². The van der Waals surface area contributed by atoms with E-state index in [1.165, 1.54) is 40.7 Å². The predicted octanol–water partition coefficient (Wildman–Crippen LogP) is 2.22. The molecule has 0 atom stereocenters. The highest BCUT2D eigenvalue weighted by atomic mass is 32.2. The minimum Gasteiger partial charge on any atom is -0.494 e. The predicted molar refractivity (Wildman–Crippen MR) is 97.5 cm³/mol. The van der Waals surface area contributed by atoms with E-state index in [1.807, 2.05) is 0 Å². The second-order valence-corrected chi connectivity index (χ2v) is 8.43. The van der Waals surface area contributed by atoms with Gasteiger partial charge in [-0.05, 0) is 36.6 Å². The van der Waals surface area contributed by atoms with Gasteiger partial charge < -0.3 is 14.6 Å². The Morgan fingerprint density at radius 2 is 2.00 bits per heavy atom. The molecule has 1 N–H and O–H groups in total. The summed E-state index contributed by atoms with van der Waals surface area (Å²) < 4.78 is 45.2. The van der Waals surface area contributed by atoms with Crippen LogP contribution in [0.15, 0.2) is 35.4 Å². The van der Waals surface area contributed by atoms with Crippen molar-refractivity contribution in [2.24, 2.45) is 0 Å². The number of carbonyl (C=O) groups is 1. The molecular formula is C18H22FN3O4S. The molecule has 0 radical (unpaired) electrons. The van der Waals surface area contributed by atoms with Gasteiger partial charge in [-0.25, -0.2) is 12.8 Å². The second-order valence-electron chi connectivity index (χ2n) is 6.49. The number of methoxy groups -OCH3 is 1. The molecule has 3 rings (SSSR count). The van der Waals surface area contributed by atoms with Gasteiger partial charge in [0.1, 0.15) is 10.6 Å². The van der Waals surface area contributed by atoms with Crippen LogP contribution in [0.4, 0.5) is 4.39 Å². The number of amides is 1. The largest absolute Gasteiger partial charge is 0.494 e. The molecule has 0 unspecified atom stereocenters. The quantitative estimate of drug-likeness (QED) is 0.813. The molecule has 0 aliphatic carbocycles. The van der Waals surface area contributed by atoms with Crippen LogP contribution in [0.5, 0.6) is 5.75 Å². The lowest BCUT2D eigenvalue weighted by Crippen LogP contribution is -2.28. The van der Waals surface area contributed by atoms with Crippen molar-refractivity contribution in [2.75, 3.05) is 27.2 Å². The number of rotatable bonds is 6. The molecule has 146 valence electrons. The Balaban J connectivity index is 1.72. The third kappa shape index (κ3) is 3.98. The molecule has 1 saturated heterocycles. The van der Waals surface area contributed by atoms with Crippen molar-refractivity contribution in [2.45, 2.75) is 24.3 Å². The molecule has 7 nitrogen and oxygen atoms in total. The highest BCUT2D eigenvalue weighted by Crippen LogP contribution is 2.22. The van der Waals surface area contributed by atoms with Crippen LogP contribution in [-0.2, 0) is 16.6 Å². The fraction of sp³-hybridized carbons (Fsp3) is 0.389. The van der Waals surface area contributed by atoms with Gasteiger partial charge in [0.2, 0.25) is 10.0 Å². The SMILES string of the molecule is COc1ccc(CN(C)C(=O)c2cc(S(=O)(=O)N3CCCC3)c[nH]2)cc1F. The van der Waals surface area contributed by atoms with Crippen molar-refractivity contribution < 1.29 is 22.3 Å². The van der Waals surface area contributed by atoms with E-state index in [1.54, 1.807) is 13.1 Å². The summed E-state index contributed by atoms with van der Waals surface area (Å²) in [4.78, 5) is 16.8. The van der Waals surface area contributed by atoms with Crippen LogP contribution in [0.1, 0.15) is 28.9 Å². The minimum atomic E-state index is -3.58. The molecular weight excluding hydrogens is 373 g/mol. The maximum Gasteiger partial charge on any atom is 0.270 e. The van der Waals surface area contributed by atoms with Gasteiger partial charge in [-0.2, -0.15) is 4.31 Å². The van der Waals surface area contributed by atoms with E-state index in [0.29, 0.717) is 18.7 Å². The molecule has 1 amide bonds. The first-order valence-corrected chi connectivity index (χ1v) is 10.0. The topological polar surface area (TPSA) is 82.7 Å². The van der Waals surface area contributed by atoms with Crippen LogP contribution in [0.3, 0.4) is 0 Å². The molecule has 0 spiro atoms. The van der Waals surface area contributed by atoms with Crippen LogP contribution in [0.25, 0.3) is 0 Å². The third-order valence-corrected chi connectivity index (χ3v) is 6.45. The number of sulfonamides is 1. The number of ether oxygens (including phenoxy) is 1. The zero-order valence-electron chi connectivity index (χ0n) is 15.2. The van der Waals surface area contributed by atoms with Gasteiger partial charge in [-0.15, -0.1) is 0 Å². The van der Waals surface area contributed by atoms with Crippen LogP contribution in [0.2, 0.25) is 0 Å². The first-order chi connectivity index (χ1) is 12.8. The van der Waals surface area contributed by atoms with E-state index in [-0.39, 0.29) is 28.8 Å². The molecule has 1 fully saturated rings. The van der Waals surface area contributed by atoms with E-state index >= 15 is 0 Å². The maximum absolute atomic E-state index is 13.8. The first kappa shape index (κ1) is 19.4. The van der Waals surface area contributed by atoms with E-state index in [2.05, 4.69) is 4.98 Å². The Hall–Kier alpha value is -2.39. The summed E-state index contributed by atoms with van der Waals surface area (Å²) in [5, 5.41) is 0. The number of H-pyrrole nitrogens is 1. The molecule has 0 saturated carbocycles. The second kappa shape index (κ2) is 7.69. The van der Waals surface area contributed by atoms with Crippen molar-refractivity contribution >= 4 is 15.9 Å². The lowest BCUT2D eigenvalue weighted by Gasteiger charge is -2.17. The highest BCUT2D eigenvalue weighted by molar-refractivity contribution is 7.89. The lowest BCUT2D eigenvalue weighted by atomic mass is 10.2. The number of benzene rings is 1. The highest BCUT2D eigenvalue weighted by Gasteiger charge is 2.29. The Bertz CT molecular complexity index is 936. The Morgan fingerprint density at radius 1 is 1.30 bits per heavy atom. The number of nitrogens with zero attached hydrogens (tertiary/aromatic N) is 2. The molecule has 1 aliphatic rings. The first-order valence-electron chi connectivity index (χ1n) is 8.59. The van der Waals surface area contributed by atoms with Gasteiger partial charge in [0, 0.05) is 32.9 Å². The molecule has 1 aromatic carbocycles. The summed E-state index contributed by atoms with van der Waals surface area (Å²) in [5.74, 6) is -0.752. The Labute approximate surface area is 157 Å². The Morgan fingerprint density at radius 3 is 2.63 bits per heavy atom. The number of hydrogen-bond acceptors (Lipinski definition) is 4. The average molecular weight is 395 g/mol. The standard InChI is InChI=1S/C18H22FN3O4S/c1-21(12-13-5-6-17(26-2)15(19)9-13)18(23)16-10-14(11-20-16)27(24,25)22-7-3-4-8-22/h5-6,9-11,20H,3-4,7-8,12H2,1-2H3. The number of aromatic amines is 1. The van der Waals surface area contributed by atoms with Gasteiger partial charge in [-0.3, -0.25) is 4.79 Å². The molecule has 1 aliphatic heterocycles. The van der Waals surface area contributed by atoms with Gasteiger partial charge in [-0.1, -0.05) is 6.07 Å². The van der Waals surface area contributed by atoms with Gasteiger partial charge in [0.05, 0.1) is 7.11 Å². The third-order valence-electron chi connectivity index (χ3n) is 4.57. The van der Waals surface area contributed by atoms with Crippen molar-refractivity contribution in [1.29, 1.82) is 0 Å². The molecule has 0 bridgehead atoms. The number of halogens is 1. The fourth-order valence-electron chi connectivity index (χ4n) is 3.08. The summed E-state index contributed by atoms with van der Waals surface area (Å²) in [6.07, 6.45) is 3.02. The van der Waals surface area contributed by atoms with Gasteiger partial charge in [0.25, 0.3) is 5.91 Å². The molecule has 2 heterocycles. The molecule has 9 heteroatoms. The summed E-state index contributed by atoms with van der Waals surface area (Å²) >= 11 is 0. The summed E-state index contributed by atoms with van der Waals surface area (Å²) in [6, 6.07) is 5.82. The van der Waals surface area contributed by atoms with Crippen molar-refractivity contribution in [3.63, 3.8) is 0 Å². The number of aromatic nitrogens is 1. The molecule has 27 heavy (non-hydrogen) atoms. The Kier molecular flexibility index (Phi) is 5.52. The van der Waals surface area contributed by atoms with Crippen molar-refractivity contribution in [1.82, 2.24) is 14.2 Å². The summed E-state index contributed by atoms with van der Waals surface area (Å²) in [7, 11) is -0.630. The monoisotopic (exact) mass is 395 g/mol. The van der Waals surface area contributed by atoms with Crippen molar-refractivity contribution in [3.8, 4) is 5.75 Å². The van der Waals surface area contributed by atoms with Crippen molar-refractivity contribution in [3.05, 3.63) is 47.5 Å².